The molecule has 0 aromatic heterocycles. The molecule has 0 spiro atoms. The molecule has 0 heterocycles. The van der Waals surface area contributed by atoms with Gasteiger partial charge in [-0.15, -0.1) is 0 Å². The highest BCUT2D eigenvalue weighted by Gasteiger charge is 2.18. The Morgan fingerprint density at radius 2 is 1.89 bits per heavy atom. The summed E-state index contributed by atoms with van der Waals surface area (Å²) in [5.41, 5.74) is 0.742. The fourth-order valence-electron chi connectivity index (χ4n) is 1.54. The molecular weight excluding hydrogens is 246 g/mol. The van der Waals surface area contributed by atoms with Gasteiger partial charge in [0, 0.05) is 0 Å². The maximum absolute atomic E-state index is 11.6. The zero-order valence-electron chi connectivity index (χ0n) is 11.1. The van der Waals surface area contributed by atoms with Crippen LogP contribution in [0.5, 0.6) is 0 Å². The van der Waals surface area contributed by atoms with E-state index in [4.69, 9.17) is 9.84 Å². The number of rotatable bonds is 6. The van der Waals surface area contributed by atoms with Gasteiger partial charge in [-0.1, -0.05) is 44.2 Å². The average molecular weight is 265 g/mol. The van der Waals surface area contributed by atoms with E-state index in [0.717, 1.165) is 5.56 Å². The van der Waals surface area contributed by atoms with Crippen molar-refractivity contribution in [3.05, 3.63) is 35.9 Å². The number of benzene rings is 1. The minimum absolute atomic E-state index is 0.180. The lowest BCUT2D eigenvalue weighted by molar-refractivity contribution is -0.137. The molecule has 0 saturated carbocycles. The van der Waals surface area contributed by atoms with Crippen LogP contribution in [0.25, 0.3) is 0 Å². The van der Waals surface area contributed by atoms with Gasteiger partial charge in [0.25, 0.3) is 0 Å². The van der Waals surface area contributed by atoms with Crippen LogP contribution in [0.3, 0.4) is 0 Å². The smallest absolute Gasteiger partial charge is 0.407 e. The van der Waals surface area contributed by atoms with Crippen molar-refractivity contribution in [1.29, 1.82) is 0 Å². The molecule has 1 aromatic rings. The summed E-state index contributed by atoms with van der Waals surface area (Å²) >= 11 is 0. The Kier molecular flexibility index (Phi) is 5.85. The summed E-state index contributed by atoms with van der Waals surface area (Å²) in [6.07, 6.45) is -0.773. The number of alkyl carbamates (subject to hydrolysis) is 1. The molecule has 0 fully saturated rings. The van der Waals surface area contributed by atoms with E-state index in [1.807, 2.05) is 19.9 Å². The molecule has 1 amide bonds. The average Bonchev–Trinajstić information content (AvgIpc) is 2.36. The lowest BCUT2D eigenvalue weighted by Crippen LogP contribution is -2.31. The van der Waals surface area contributed by atoms with Crippen LogP contribution in [-0.4, -0.2) is 23.8 Å². The monoisotopic (exact) mass is 265 g/mol. The molecule has 1 atom stereocenters. The molecule has 0 saturated heterocycles. The predicted molar refractivity (Wildman–Crippen MR) is 70.8 cm³/mol. The Bertz CT molecular complexity index is 417. The van der Waals surface area contributed by atoms with Crippen molar-refractivity contribution in [1.82, 2.24) is 5.32 Å². The maximum atomic E-state index is 11.6. The van der Waals surface area contributed by atoms with Gasteiger partial charge < -0.3 is 15.2 Å². The lowest BCUT2D eigenvalue weighted by Gasteiger charge is -2.17. The van der Waals surface area contributed by atoms with Crippen LogP contribution in [0.2, 0.25) is 0 Å². The molecule has 1 aromatic carbocycles. The topological polar surface area (TPSA) is 75.6 Å². The minimum atomic E-state index is -0.974. The van der Waals surface area contributed by atoms with Gasteiger partial charge in [0.2, 0.25) is 0 Å². The second-order valence-corrected chi connectivity index (χ2v) is 4.70. The molecule has 2 N–H and O–H groups in total. The van der Waals surface area contributed by atoms with Crippen molar-refractivity contribution < 1.29 is 19.4 Å². The van der Waals surface area contributed by atoms with E-state index in [1.54, 1.807) is 24.3 Å². The van der Waals surface area contributed by atoms with Crippen LogP contribution in [0, 0.1) is 5.92 Å². The van der Waals surface area contributed by atoms with Gasteiger partial charge in [-0.3, -0.25) is 4.79 Å². The van der Waals surface area contributed by atoms with Crippen molar-refractivity contribution in [2.24, 2.45) is 5.92 Å². The van der Waals surface area contributed by atoms with Crippen LogP contribution < -0.4 is 5.32 Å². The van der Waals surface area contributed by atoms with Crippen molar-refractivity contribution in [3.8, 4) is 0 Å². The summed E-state index contributed by atoms with van der Waals surface area (Å²) in [7, 11) is 0. The van der Waals surface area contributed by atoms with Gasteiger partial charge in [0.05, 0.1) is 19.1 Å². The molecule has 104 valence electrons. The number of ether oxygens (including phenoxy) is 1. The molecule has 0 bridgehead atoms. The normalized spacial score (nSPS) is 11.9. The molecular formula is C14H19NO4. The van der Waals surface area contributed by atoms with Gasteiger partial charge in [-0.25, -0.2) is 4.79 Å². The number of aliphatic carboxylic acids is 1. The van der Waals surface area contributed by atoms with Crippen LogP contribution in [-0.2, 0) is 9.53 Å². The molecule has 0 unspecified atom stereocenters. The molecule has 0 aliphatic heterocycles. The summed E-state index contributed by atoms with van der Waals surface area (Å²) in [6, 6.07) is 8.39. The largest absolute Gasteiger partial charge is 0.481 e. The number of carbonyl (C=O) groups excluding carboxylic acids is 1. The first-order chi connectivity index (χ1) is 8.99. The Balaban J connectivity index is 2.65. The number of nitrogens with one attached hydrogen (secondary N) is 1. The molecule has 0 aliphatic carbocycles. The maximum Gasteiger partial charge on any atom is 0.407 e. The predicted octanol–water partition coefficient (Wildman–Crippen LogP) is 2.58. The Morgan fingerprint density at radius 3 is 2.42 bits per heavy atom. The lowest BCUT2D eigenvalue weighted by atomic mass is 10.0. The highest BCUT2D eigenvalue weighted by atomic mass is 16.5. The molecule has 19 heavy (non-hydrogen) atoms. The Morgan fingerprint density at radius 1 is 1.26 bits per heavy atom. The quantitative estimate of drug-likeness (QED) is 0.829. The van der Waals surface area contributed by atoms with Gasteiger partial charge in [-0.05, 0) is 11.5 Å². The van der Waals surface area contributed by atoms with E-state index in [0.29, 0.717) is 6.61 Å². The summed E-state index contributed by atoms with van der Waals surface area (Å²) in [6.45, 7) is 4.17. The first kappa shape index (κ1) is 15.0. The SMILES string of the molecule is CC(C)COC(=O)N[C@H](CC(=O)O)c1ccccc1. The van der Waals surface area contributed by atoms with Crippen LogP contribution in [0.15, 0.2) is 30.3 Å². The second kappa shape index (κ2) is 7.41. The van der Waals surface area contributed by atoms with Crippen molar-refractivity contribution in [3.63, 3.8) is 0 Å². The number of carbonyl (C=O) groups is 2. The van der Waals surface area contributed by atoms with Crippen molar-refractivity contribution in [2.75, 3.05) is 6.61 Å². The van der Waals surface area contributed by atoms with Crippen LogP contribution in [0.1, 0.15) is 31.9 Å². The molecule has 5 nitrogen and oxygen atoms in total. The summed E-state index contributed by atoms with van der Waals surface area (Å²) in [4.78, 5) is 22.4. The van der Waals surface area contributed by atoms with E-state index < -0.39 is 18.1 Å². The number of hydrogen-bond acceptors (Lipinski definition) is 3. The van der Waals surface area contributed by atoms with E-state index in [-0.39, 0.29) is 12.3 Å². The summed E-state index contributed by atoms with van der Waals surface area (Å²) in [5.74, 6) is -0.738. The second-order valence-electron chi connectivity index (χ2n) is 4.70. The van der Waals surface area contributed by atoms with E-state index in [2.05, 4.69) is 5.32 Å². The highest BCUT2D eigenvalue weighted by molar-refractivity contribution is 5.71. The van der Waals surface area contributed by atoms with Gasteiger partial charge >= 0.3 is 12.1 Å². The number of hydrogen-bond donors (Lipinski definition) is 2. The third kappa shape index (κ3) is 5.90. The van der Waals surface area contributed by atoms with Gasteiger partial charge in [0.15, 0.2) is 0 Å². The van der Waals surface area contributed by atoms with Crippen molar-refractivity contribution in [2.45, 2.75) is 26.3 Å². The van der Waals surface area contributed by atoms with E-state index in [1.165, 1.54) is 0 Å². The molecule has 5 heteroatoms. The molecule has 0 aliphatic rings. The zero-order valence-corrected chi connectivity index (χ0v) is 11.1. The number of carboxylic acid groups (broad SMARTS) is 1. The standard InChI is InChI=1S/C14H19NO4/c1-10(2)9-19-14(18)15-12(8-13(16)17)11-6-4-3-5-7-11/h3-7,10,12H,8-9H2,1-2H3,(H,15,18)(H,16,17)/t12-/m1/s1. The van der Waals surface area contributed by atoms with E-state index in [9.17, 15) is 9.59 Å². The van der Waals surface area contributed by atoms with Crippen LogP contribution >= 0.6 is 0 Å². The summed E-state index contributed by atoms with van der Waals surface area (Å²) < 4.78 is 4.99. The summed E-state index contributed by atoms with van der Waals surface area (Å²) in [5, 5.41) is 11.5. The first-order valence-electron chi connectivity index (χ1n) is 6.19. The van der Waals surface area contributed by atoms with Gasteiger partial charge in [0.1, 0.15) is 0 Å². The fraction of sp³-hybridized carbons (Fsp3) is 0.429. The van der Waals surface area contributed by atoms with Crippen molar-refractivity contribution >= 4 is 12.1 Å². The molecule has 1 rings (SSSR count). The highest BCUT2D eigenvalue weighted by Crippen LogP contribution is 2.16. The fourth-order valence-corrected chi connectivity index (χ4v) is 1.54. The number of carboxylic acids is 1. The third-order valence-corrected chi connectivity index (χ3v) is 2.42. The Labute approximate surface area is 112 Å². The Hall–Kier alpha value is -2.04. The first-order valence-corrected chi connectivity index (χ1v) is 6.19. The minimum Gasteiger partial charge on any atom is -0.481 e. The third-order valence-electron chi connectivity index (χ3n) is 2.42. The van der Waals surface area contributed by atoms with Gasteiger partial charge in [-0.2, -0.15) is 0 Å². The number of amides is 1. The molecule has 0 radical (unpaired) electrons. The van der Waals surface area contributed by atoms with E-state index >= 15 is 0 Å². The zero-order chi connectivity index (χ0) is 14.3. The van der Waals surface area contributed by atoms with Crippen LogP contribution in [0.4, 0.5) is 4.79 Å².